The van der Waals surface area contributed by atoms with Crippen molar-refractivity contribution in [3.63, 3.8) is 0 Å². The third kappa shape index (κ3) is 2.96. The number of alkyl halides is 13. The van der Waals surface area contributed by atoms with Crippen molar-refractivity contribution < 1.29 is 61.5 Å². The Bertz CT molecular complexity index is 630. The molecule has 0 bridgehead atoms. The summed E-state index contributed by atoms with van der Waals surface area (Å²) < 4.78 is 192. The first-order valence-corrected chi connectivity index (χ1v) is 7.19. The van der Waals surface area contributed by atoms with E-state index in [0.29, 0.717) is 0 Å². The second kappa shape index (κ2) is 6.13. The van der Waals surface area contributed by atoms with Crippen LogP contribution in [0.15, 0.2) is 12.4 Å². The van der Waals surface area contributed by atoms with Crippen molar-refractivity contribution in [1.82, 2.24) is 0 Å². The van der Waals surface area contributed by atoms with E-state index in [2.05, 4.69) is 0 Å². The molecule has 1 fully saturated rings. The van der Waals surface area contributed by atoms with Gasteiger partial charge in [-0.05, 0) is 6.92 Å². The quantitative estimate of drug-likeness (QED) is 0.344. The van der Waals surface area contributed by atoms with Gasteiger partial charge in [0.15, 0.2) is 17.5 Å². The van der Waals surface area contributed by atoms with E-state index in [-0.39, 0.29) is 0 Å². The zero-order chi connectivity index (χ0) is 22.9. The van der Waals surface area contributed by atoms with Gasteiger partial charge < -0.3 is 0 Å². The van der Waals surface area contributed by atoms with Gasteiger partial charge in [0.25, 0.3) is 0 Å². The lowest BCUT2D eigenvalue weighted by Gasteiger charge is -2.45. The first-order valence-electron chi connectivity index (χ1n) is 7.19. The van der Waals surface area contributed by atoms with Crippen molar-refractivity contribution in [1.29, 1.82) is 0 Å². The van der Waals surface area contributed by atoms with Crippen molar-refractivity contribution in [3.05, 3.63) is 12.4 Å². The van der Waals surface area contributed by atoms with Crippen LogP contribution in [-0.2, 0) is 0 Å². The predicted octanol–water partition coefficient (Wildman–Crippen LogP) is 6.46. The van der Waals surface area contributed by atoms with Crippen LogP contribution in [0.3, 0.4) is 0 Å². The first kappa shape index (κ1) is 24.8. The van der Waals surface area contributed by atoms with Gasteiger partial charge in [0.05, 0.1) is 12.3 Å². The Balaban J connectivity index is 3.95. The topological polar surface area (TPSA) is 0 Å². The van der Waals surface area contributed by atoms with Crippen molar-refractivity contribution in [3.8, 4) is 0 Å². The minimum atomic E-state index is -6.82. The molecule has 1 aliphatic rings. The lowest BCUT2D eigenvalue weighted by Crippen LogP contribution is -2.66. The fraction of sp³-hybridized carbons (Fsp3) is 0.857. The molecule has 14 heteroatoms. The van der Waals surface area contributed by atoms with Crippen LogP contribution in [0.1, 0.15) is 20.3 Å². The average Bonchev–Trinajstić information content (AvgIpc) is 2.46. The Morgan fingerprint density at radius 1 is 0.893 bits per heavy atom. The second-order valence-corrected chi connectivity index (χ2v) is 6.76. The molecule has 0 spiro atoms. The van der Waals surface area contributed by atoms with Crippen LogP contribution in [0.4, 0.5) is 61.5 Å². The molecule has 28 heavy (non-hydrogen) atoms. The third-order valence-corrected chi connectivity index (χ3v) is 4.69. The van der Waals surface area contributed by atoms with Crippen molar-refractivity contribution >= 4 is 0 Å². The molecule has 0 nitrogen and oxygen atoms in total. The van der Waals surface area contributed by atoms with E-state index in [1.807, 2.05) is 6.58 Å². The monoisotopic (exact) mass is 446 g/mol. The summed E-state index contributed by atoms with van der Waals surface area (Å²) in [7, 11) is 0. The molecule has 0 saturated heterocycles. The molecule has 1 rings (SSSR count). The van der Waals surface area contributed by atoms with Crippen LogP contribution in [0, 0.1) is 5.92 Å². The summed E-state index contributed by atoms with van der Waals surface area (Å²) in [6, 6.07) is 0. The van der Waals surface area contributed by atoms with E-state index in [9.17, 15) is 61.5 Å². The highest BCUT2D eigenvalue weighted by molar-refractivity contribution is 5.25. The molecule has 4 unspecified atom stereocenters. The normalized spacial score (nSPS) is 35.0. The largest absolute Gasteiger partial charge is 0.375 e. The Hall–Kier alpha value is -1.24. The van der Waals surface area contributed by atoms with Gasteiger partial charge in [0, 0.05) is 6.92 Å². The van der Waals surface area contributed by atoms with Crippen LogP contribution >= 0.6 is 0 Å². The number of hydrogen-bond acceptors (Lipinski definition) is 0. The predicted molar refractivity (Wildman–Crippen MR) is 67.0 cm³/mol. The van der Waals surface area contributed by atoms with Gasteiger partial charge in [-0.25, -0.2) is 26.3 Å². The van der Waals surface area contributed by atoms with Gasteiger partial charge in [0.2, 0.25) is 0 Å². The zero-order valence-corrected chi connectivity index (χ0v) is 13.9. The van der Waals surface area contributed by atoms with Crippen molar-refractivity contribution in [2.45, 2.75) is 67.4 Å². The lowest BCUT2D eigenvalue weighted by molar-refractivity contribution is -0.328. The van der Waals surface area contributed by atoms with Gasteiger partial charge in [-0.2, -0.15) is 35.1 Å². The van der Waals surface area contributed by atoms with Gasteiger partial charge >= 0.3 is 29.6 Å². The van der Waals surface area contributed by atoms with Gasteiger partial charge in [-0.3, -0.25) is 0 Å². The SMILES string of the molecule is C=C(F)C1(F)CC(F)(F)C(F)(F)C(F)(F)C(F)C1C(C)(F)C(F)(F)C(C)(F)F. The lowest BCUT2D eigenvalue weighted by atomic mass is 9.69. The molecule has 0 aliphatic heterocycles. The molecule has 4 atom stereocenters. The van der Waals surface area contributed by atoms with Crippen LogP contribution in [0.5, 0.6) is 0 Å². The number of hydrogen-bond donors (Lipinski definition) is 0. The summed E-state index contributed by atoms with van der Waals surface area (Å²) in [5.74, 6) is -39.5. The number of rotatable bonds is 4. The molecule has 0 aromatic carbocycles. The minimum absolute atomic E-state index is 0.722. The molecule has 1 saturated carbocycles. The summed E-state index contributed by atoms with van der Waals surface area (Å²) in [6.07, 6.45) is -8.75. The maximum Gasteiger partial charge on any atom is 0.375 e. The molecule has 0 amide bonds. The summed E-state index contributed by atoms with van der Waals surface area (Å²) in [5, 5.41) is 0. The molecule has 0 aromatic rings. The number of halogens is 14. The maximum absolute atomic E-state index is 14.8. The second-order valence-electron chi connectivity index (χ2n) is 6.76. The minimum Gasteiger partial charge on any atom is -0.240 e. The zero-order valence-electron chi connectivity index (χ0n) is 13.9. The molecular formula is C14H12F14. The summed E-state index contributed by atoms with van der Waals surface area (Å²) in [4.78, 5) is 0. The van der Waals surface area contributed by atoms with Crippen LogP contribution in [-0.4, -0.2) is 47.1 Å². The maximum atomic E-state index is 14.8. The van der Waals surface area contributed by atoms with Crippen LogP contribution < -0.4 is 0 Å². The Morgan fingerprint density at radius 2 is 1.29 bits per heavy atom. The van der Waals surface area contributed by atoms with E-state index in [4.69, 9.17) is 0 Å². The van der Waals surface area contributed by atoms with E-state index in [0.717, 1.165) is 0 Å². The van der Waals surface area contributed by atoms with E-state index < -0.39 is 79.1 Å². The Labute approximate surface area is 148 Å². The highest BCUT2D eigenvalue weighted by Gasteiger charge is 2.85. The van der Waals surface area contributed by atoms with Crippen LogP contribution in [0.2, 0.25) is 0 Å². The fourth-order valence-corrected chi connectivity index (χ4v) is 3.00. The van der Waals surface area contributed by atoms with Crippen LogP contribution in [0.25, 0.3) is 0 Å². The van der Waals surface area contributed by atoms with E-state index >= 15 is 0 Å². The molecular weight excluding hydrogens is 434 g/mol. The Kier molecular flexibility index (Phi) is 5.43. The first-order chi connectivity index (χ1) is 11.9. The molecule has 0 radical (unpaired) electrons. The Morgan fingerprint density at radius 3 is 1.61 bits per heavy atom. The third-order valence-electron chi connectivity index (χ3n) is 4.69. The summed E-state index contributed by atoms with van der Waals surface area (Å²) in [5.41, 5.74) is -10.9. The van der Waals surface area contributed by atoms with Gasteiger partial charge in [-0.15, -0.1) is 0 Å². The molecule has 166 valence electrons. The molecule has 0 heterocycles. The molecule has 0 N–H and O–H groups in total. The van der Waals surface area contributed by atoms with Gasteiger partial charge in [0.1, 0.15) is 5.83 Å². The molecule has 1 aliphatic carbocycles. The standard InChI is InChI=1S/C14H12F14/c1-5(15)10(20)4-11(21,22)14(27,28)12(23,24)7(16)6(10)8(2,17)13(25,26)9(3,18)19/h6-7H,1,4H2,2-3H3. The highest BCUT2D eigenvalue weighted by atomic mass is 19.4. The summed E-state index contributed by atoms with van der Waals surface area (Å²) >= 11 is 0. The fourth-order valence-electron chi connectivity index (χ4n) is 3.00. The van der Waals surface area contributed by atoms with Crippen molar-refractivity contribution in [2.24, 2.45) is 5.92 Å². The molecule has 0 aromatic heterocycles. The average molecular weight is 446 g/mol. The van der Waals surface area contributed by atoms with Gasteiger partial charge in [-0.1, -0.05) is 6.58 Å². The number of allylic oxidation sites excluding steroid dienone is 1. The smallest absolute Gasteiger partial charge is 0.240 e. The summed E-state index contributed by atoms with van der Waals surface area (Å²) in [6.45, 7) is 0.434. The van der Waals surface area contributed by atoms with Crippen molar-refractivity contribution in [2.75, 3.05) is 0 Å². The van der Waals surface area contributed by atoms with E-state index in [1.165, 1.54) is 0 Å². The highest BCUT2D eigenvalue weighted by Crippen LogP contribution is 2.64. The van der Waals surface area contributed by atoms with E-state index in [1.54, 1.807) is 0 Å².